The lowest BCUT2D eigenvalue weighted by molar-refractivity contribution is -0.155. The van der Waals surface area contributed by atoms with Crippen LogP contribution in [0, 0.1) is 0 Å². The number of carbonyl (C=O) groups is 2. The smallest absolute Gasteiger partial charge is 0.333 e. The van der Waals surface area contributed by atoms with Crippen molar-refractivity contribution < 1.29 is 23.4 Å². The summed E-state index contributed by atoms with van der Waals surface area (Å²) in [6, 6.07) is 0. The van der Waals surface area contributed by atoms with E-state index >= 15 is 0 Å². The van der Waals surface area contributed by atoms with E-state index in [1.54, 1.807) is 0 Å². The maximum absolute atomic E-state index is 11.2. The molecule has 0 N–H and O–H groups in total. The Bertz CT molecular complexity index is 287. The number of halogens is 1. The van der Waals surface area contributed by atoms with Crippen molar-refractivity contribution >= 4 is 23.8 Å². The number of rotatable bonds is 7. The second-order valence-electron chi connectivity index (χ2n) is 2.92. The molecule has 0 aromatic rings. The lowest BCUT2D eigenvalue weighted by Crippen LogP contribution is -2.28. The summed E-state index contributed by atoms with van der Waals surface area (Å²) in [6.45, 7) is 7.88. The Hall–Kier alpha value is -1.33. The van der Waals surface area contributed by atoms with Gasteiger partial charge in [0, 0.05) is 11.6 Å². The van der Waals surface area contributed by atoms with E-state index in [1.165, 1.54) is 6.92 Å². The van der Waals surface area contributed by atoms with E-state index in [-0.39, 0.29) is 18.8 Å². The number of ether oxygens (including phenoxy) is 2. The molecule has 0 saturated carbocycles. The molecule has 0 aliphatic rings. The van der Waals surface area contributed by atoms with Crippen LogP contribution in [0.25, 0.3) is 0 Å². The van der Waals surface area contributed by atoms with Gasteiger partial charge in [0.2, 0.25) is 0 Å². The van der Waals surface area contributed by atoms with Crippen molar-refractivity contribution in [1.82, 2.24) is 0 Å². The molecule has 90 valence electrons. The van der Waals surface area contributed by atoms with Gasteiger partial charge in [0.15, 0.2) is 6.10 Å². The molecule has 0 fully saturated rings. The summed E-state index contributed by atoms with van der Waals surface area (Å²) >= 11 is 5.03. The zero-order valence-corrected chi connectivity index (χ0v) is 9.66. The molecule has 0 bridgehead atoms. The fourth-order valence-electron chi connectivity index (χ4n) is 0.672. The Morgan fingerprint density at radius 2 is 2.06 bits per heavy atom. The highest BCUT2D eigenvalue weighted by Gasteiger charge is 2.17. The van der Waals surface area contributed by atoms with Gasteiger partial charge in [0.25, 0.3) is 0 Å². The average molecular weight is 249 g/mol. The number of hydrogen-bond donors (Lipinski definition) is 0. The Balaban J connectivity index is 4.16. The highest BCUT2D eigenvalue weighted by atomic mass is 35.5. The van der Waals surface area contributed by atoms with Gasteiger partial charge in [0.05, 0.1) is 11.9 Å². The Kier molecular flexibility index (Phi) is 7.24. The van der Waals surface area contributed by atoms with Crippen LogP contribution in [0.5, 0.6) is 0 Å². The minimum Gasteiger partial charge on any atom is -0.458 e. The largest absolute Gasteiger partial charge is 0.458 e. The summed E-state index contributed by atoms with van der Waals surface area (Å²) in [6.07, 6.45) is 0.227. The summed E-state index contributed by atoms with van der Waals surface area (Å²) in [5.41, 5.74) is 0.231. The van der Waals surface area contributed by atoms with E-state index in [0.29, 0.717) is 0 Å². The Morgan fingerprint density at radius 1 is 1.44 bits per heavy atom. The van der Waals surface area contributed by atoms with Crippen LogP contribution in [0.1, 0.15) is 6.92 Å². The van der Waals surface area contributed by atoms with Gasteiger partial charge >= 0.3 is 11.9 Å². The molecule has 1 atom stereocenters. The van der Waals surface area contributed by atoms with Gasteiger partial charge in [-0.25, -0.2) is 9.59 Å². The van der Waals surface area contributed by atoms with E-state index in [9.17, 15) is 9.59 Å². The number of hydrogen-bond acceptors (Lipinski definition) is 5. The van der Waals surface area contributed by atoms with Crippen LogP contribution in [-0.2, 0) is 23.4 Å². The van der Waals surface area contributed by atoms with Crippen molar-refractivity contribution in [1.29, 1.82) is 0 Å². The third-order valence-corrected chi connectivity index (χ3v) is 1.58. The van der Waals surface area contributed by atoms with Crippen molar-refractivity contribution in [3.8, 4) is 0 Å². The molecule has 0 rings (SSSR count). The molecular formula is C10H13ClO5. The van der Waals surface area contributed by atoms with Crippen LogP contribution in [0.2, 0.25) is 0 Å². The Morgan fingerprint density at radius 3 is 2.50 bits per heavy atom. The minimum atomic E-state index is -0.773. The summed E-state index contributed by atoms with van der Waals surface area (Å²) in [5, 5.41) is 0. The third-order valence-electron chi connectivity index (χ3n) is 1.45. The van der Waals surface area contributed by atoms with Crippen molar-refractivity contribution in [3.05, 3.63) is 24.8 Å². The predicted octanol–water partition coefficient (Wildman–Crippen LogP) is 1.37. The summed E-state index contributed by atoms with van der Waals surface area (Å²) in [7, 11) is 0. The van der Waals surface area contributed by atoms with Gasteiger partial charge in [-0.1, -0.05) is 13.2 Å². The molecule has 0 spiro atoms. The van der Waals surface area contributed by atoms with Crippen LogP contribution in [0.3, 0.4) is 0 Å². The molecule has 1 unspecified atom stereocenters. The maximum atomic E-state index is 11.2. The van der Waals surface area contributed by atoms with Crippen molar-refractivity contribution in [3.63, 3.8) is 0 Å². The molecule has 0 amide bonds. The molecule has 16 heavy (non-hydrogen) atoms. The molecule has 0 radical (unpaired) electrons. The van der Waals surface area contributed by atoms with E-state index in [2.05, 4.69) is 22.2 Å². The van der Waals surface area contributed by atoms with E-state index in [4.69, 9.17) is 16.6 Å². The first-order valence-corrected chi connectivity index (χ1v) is 4.71. The summed E-state index contributed by atoms with van der Waals surface area (Å²) in [4.78, 5) is 21.9. The third kappa shape index (κ3) is 6.21. The zero-order valence-electron chi connectivity index (χ0n) is 8.90. The molecule has 6 heteroatoms. The maximum Gasteiger partial charge on any atom is 0.333 e. The monoisotopic (exact) mass is 248 g/mol. The van der Waals surface area contributed by atoms with Gasteiger partial charge in [-0.2, -0.15) is 0 Å². The van der Waals surface area contributed by atoms with Crippen LogP contribution in [0.15, 0.2) is 24.8 Å². The Labute approximate surface area is 98.8 Å². The average Bonchev–Trinajstić information content (AvgIpc) is 2.25. The lowest BCUT2D eigenvalue weighted by Gasteiger charge is -2.15. The molecule has 0 saturated heterocycles. The number of carbonyl (C=O) groups excluding carboxylic acids is 2. The zero-order chi connectivity index (χ0) is 12.6. The molecule has 0 aromatic carbocycles. The fraction of sp³-hybridized carbons (Fsp3) is 0.400. The van der Waals surface area contributed by atoms with E-state index in [1.807, 2.05) is 0 Å². The van der Waals surface area contributed by atoms with Crippen LogP contribution < -0.4 is 0 Å². The molecule has 0 heterocycles. The van der Waals surface area contributed by atoms with Crippen LogP contribution >= 0.6 is 11.9 Å². The van der Waals surface area contributed by atoms with E-state index in [0.717, 1.165) is 6.08 Å². The first kappa shape index (κ1) is 14.7. The van der Waals surface area contributed by atoms with Crippen LogP contribution in [0.4, 0.5) is 0 Å². The second kappa shape index (κ2) is 7.90. The molecule has 0 aliphatic heterocycles. The highest BCUT2D eigenvalue weighted by Crippen LogP contribution is 2.02. The summed E-state index contributed by atoms with van der Waals surface area (Å²) < 4.78 is 13.9. The van der Waals surface area contributed by atoms with Crippen LogP contribution in [-0.4, -0.2) is 31.3 Å². The molecule has 5 nitrogen and oxygen atoms in total. The quantitative estimate of drug-likeness (QED) is 0.503. The second-order valence-corrected chi connectivity index (χ2v) is 3.14. The first-order chi connectivity index (χ1) is 7.51. The lowest BCUT2D eigenvalue weighted by atomic mass is 10.3. The molecule has 0 aliphatic carbocycles. The summed E-state index contributed by atoms with van der Waals surface area (Å²) in [5.74, 6) is -1.22. The van der Waals surface area contributed by atoms with Gasteiger partial charge < -0.3 is 9.47 Å². The van der Waals surface area contributed by atoms with Crippen molar-refractivity contribution in [2.24, 2.45) is 0 Å². The molecule has 0 aromatic heterocycles. The van der Waals surface area contributed by atoms with Crippen molar-refractivity contribution in [2.75, 3.05) is 13.2 Å². The standard InChI is InChI=1S/C10H13ClO5/c1-4-9(12)14-5-8(6-15-11)16-10(13)7(2)3/h4,8H,1-2,5-6H2,3H3. The van der Waals surface area contributed by atoms with Gasteiger partial charge in [-0.15, -0.1) is 0 Å². The minimum absolute atomic E-state index is 0.0923. The predicted molar refractivity (Wildman–Crippen MR) is 57.7 cm³/mol. The van der Waals surface area contributed by atoms with Gasteiger partial charge in [0.1, 0.15) is 13.2 Å². The number of esters is 2. The topological polar surface area (TPSA) is 61.8 Å². The normalized spacial score (nSPS) is 11.4. The van der Waals surface area contributed by atoms with E-state index < -0.39 is 18.0 Å². The van der Waals surface area contributed by atoms with Crippen molar-refractivity contribution in [2.45, 2.75) is 13.0 Å². The van der Waals surface area contributed by atoms with Gasteiger partial charge in [-0.05, 0) is 6.92 Å². The fourth-order valence-corrected chi connectivity index (χ4v) is 0.813. The highest BCUT2D eigenvalue weighted by molar-refractivity contribution is 6.07. The van der Waals surface area contributed by atoms with Gasteiger partial charge in [-0.3, -0.25) is 4.29 Å². The SMILES string of the molecule is C=CC(=O)OCC(COCl)OC(=O)C(=C)C. The molecular weight excluding hydrogens is 236 g/mol. The first-order valence-electron chi connectivity index (χ1n) is 4.40.